The minimum Gasteiger partial charge on any atom is -0.360 e. The maximum absolute atomic E-state index is 10.7. The van der Waals surface area contributed by atoms with Crippen LogP contribution in [0.25, 0.3) is 0 Å². The molecule has 0 bridgehead atoms. The summed E-state index contributed by atoms with van der Waals surface area (Å²) < 4.78 is 0. The van der Waals surface area contributed by atoms with Gasteiger partial charge < -0.3 is 5.32 Å². The van der Waals surface area contributed by atoms with Crippen LogP contribution < -0.4 is 16.6 Å². The minimum absolute atomic E-state index is 0.123. The summed E-state index contributed by atoms with van der Waals surface area (Å²) in [4.78, 5) is 17.8. The predicted molar refractivity (Wildman–Crippen MR) is 59.9 cm³/mol. The highest BCUT2D eigenvalue weighted by atomic mass is 16.6. The molecule has 0 saturated carbocycles. The standard InChI is InChI=1S/C8H14N6O2/c1-8(2,3)12-6-5(14(15)16)4-10-7(11-6)13-9/h4H,9H2,1-3H3,(H2,10,11,12,13). The van der Waals surface area contributed by atoms with E-state index in [0.717, 1.165) is 6.20 Å². The molecule has 4 N–H and O–H groups in total. The van der Waals surface area contributed by atoms with Crippen LogP contribution >= 0.6 is 0 Å². The number of nitrogen functional groups attached to an aromatic ring is 1. The van der Waals surface area contributed by atoms with Gasteiger partial charge in [-0.2, -0.15) is 4.98 Å². The van der Waals surface area contributed by atoms with Gasteiger partial charge in [0.25, 0.3) is 0 Å². The first-order valence-electron chi connectivity index (χ1n) is 4.60. The van der Waals surface area contributed by atoms with Gasteiger partial charge in [0.05, 0.1) is 4.92 Å². The molecular formula is C8H14N6O2. The number of nitrogens with one attached hydrogen (secondary N) is 2. The van der Waals surface area contributed by atoms with Gasteiger partial charge in [0.2, 0.25) is 11.8 Å². The van der Waals surface area contributed by atoms with Crippen molar-refractivity contribution >= 4 is 17.5 Å². The molecule has 0 aromatic carbocycles. The van der Waals surface area contributed by atoms with Gasteiger partial charge in [-0.1, -0.05) is 0 Å². The van der Waals surface area contributed by atoms with Crippen LogP contribution in [0.4, 0.5) is 17.5 Å². The highest BCUT2D eigenvalue weighted by Crippen LogP contribution is 2.24. The van der Waals surface area contributed by atoms with Crippen LogP contribution in [0.5, 0.6) is 0 Å². The van der Waals surface area contributed by atoms with E-state index in [0.29, 0.717) is 0 Å². The first-order valence-corrected chi connectivity index (χ1v) is 4.60. The van der Waals surface area contributed by atoms with E-state index in [1.807, 2.05) is 20.8 Å². The summed E-state index contributed by atoms with van der Waals surface area (Å²) in [5.41, 5.74) is 1.71. The van der Waals surface area contributed by atoms with E-state index in [1.54, 1.807) is 0 Å². The molecule has 88 valence electrons. The highest BCUT2D eigenvalue weighted by molar-refractivity contribution is 5.57. The molecule has 0 amide bonds. The zero-order valence-corrected chi connectivity index (χ0v) is 9.31. The maximum atomic E-state index is 10.7. The third-order valence-corrected chi connectivity index (χ3v) is 1.59. The summed E-state index contributed by atoms with van der Waals surface area (Å²) >= 11 is 0. The van der Waals surface area contributed by atoms with Crippen LogP contribution in [0, 0.1) is 10.1 Å². The molecular weight excluding hydrogens is 212 g/mol. The Morgan fingerprint density at radius 3 is 2.56 bits per heavy atom. The molecule has 8 heteroatoms. The van der Waals surface area contributed by atoms with Gasteiger partial charge >= 0.3 is 5.69 Å². The first-order chi connectivity index (χ1) is 7.33. The maximum Gasteiger partial charge on any atom is 0.329 e. The summed E-state index contributed by atoms with van der Waals surface area (Å²) in [6.45, 7) is 5.61. The van der Waals surface area contributed by atoms with Crippen LogP contribution in [0.15, 0.2) is 6.20 Å². The summed E-state index contributed by atoms with van der Waals surface area (Å²) in [6.07, 6.45) is 1.11. The number of nitrogens with two attached hydrogens (primary N) is 1. The SMILES string of the molecule is CC(C)(C)Nc1nc(NN)ncc1[N+](=O)[O-]. The Morgan fingerprint density at radius 1 is 1.50 bits per heavy atom. The van der Waals surface area contributed by atoms with Crippen molar-refractivity contribution in [3.63, 3.8) is 0 Å². The third-order valence-electron chi connectivity index (χ3n) is 1.59. The van der Waals surface area contributed by atoms with E-state index >= 15 is 0 Å². The number of hydrazine groups is 1. The Kier molecular flexibility index (Phi) is 3.23. The van der Waals surface area contributed by atoms with E-state index in [2.05, 4.69) is 20.7 Å². The molecule has 0 aliphatic carbocycles. The second-order valence-corrected chi connectivity index (χ2v) is 4.20. The van der Waals surface area contributed by atoms with E-state index < -0.39 is 4.92 Å². The third kappa shape index (κ3) is 3.02. The molecule has 0 atom stereocenters. The quantitative estimate of drug-likeness (QED) is 0.397. The number of anilines is 2. The zero-order chi connectivity index (χ0) is 12.3. The average Bonchev–Trinajstić information content (AvgIpc) is 2.14. The zero-order valence-electron chi connectivity index (χ0n) is 9.31. The van der Waals surface area contributed by atoms with Crippen molar-refractivity contribution in [1.82, 2.24) is 9.97 Å². The van der Waals surface area contributed by atoms with Crippen LogP contribution in [0.3, 0.4) is 0 Å². The van der Waals surface area contributed by atoms with E-state index in [1.165, 1.54) is 0 Å². The second kappa shape index (κ2) is 4.27. The van der Waals surface area contributed by atoms with E-state index in [-0.39, 0.29) is 23.0 Å². The smallest absolute Gasteiger partial charge is 0.329 e. The topological polar surface area (TPSA) is 119 Å². The van der Waals surface area contributed by atoms with Gasteiger partial charge in [0.1, 0.15) is 6.20 Å². The summed E-state index contributed by atoms with van der Waals surface area (Å²) in [6, 6.07) is 0. The van der Waals surface area contributed by atoms with Crippen molar-refractivity contribution in [2.75, 3.05) is 10.7 Å². The lowest BCUT2D eigenvalue weighted by Gasteiger charge is -2.20. The van der Waals surface area contributed by atoms with Crippen molar-refractivity contribution in [3.8, 4) is 0 Å². The molecule has 8 nitrogen and oxygen atoms in total. The molecule has 1 rings (SSSR count). The van der Waals surface area contributed by atoms with Gasteiger partial charge in [-0.25, -0.2) is 10.8 Å². The molecule has 0 aliphatic heterocycles. The van der Waals surface area contributed by atoms with Crippen LogP contribution in [0.2, 0.25) is 0 Å². The molecule has 0 saturated heterocycles. The van der Waals surface area contributed by atoms with Crippen molar-refractivity contribution in [2.24, 2.45) is 5.84 Å². The summed E-state index contributed by atoms with van der Waals surface area (Å²) in [5, 5.41) is 13.7. The lowest BCUT2D eigenvalue weighted by atomic mass is 10.1. The molecule has 16 heavy (non-hydrogen) atoms. The van der Waals surface area contributed by atoms with Gasteiger partial charge in [0, 0.05) is 5.54 Å². The van der Waals surface area contributed by atoms with Gasteiger partial charge in [-0.3, -0.25) is 15.5 Å². The number of rotatable bonds is 3. The normalized spacial score (nSPS) is 11.0. The van der Waals surface area contributed by atoms with Crippen LogP contribution in [-0.2, 0) is 0 Å². The lowest BCUT2D eigenvalue weighted by molar-refractivity contribution is -0.384. The average molecular weight is 226 g/mol. The Balaban J connectivity index is 3.15. The Hall–Kier alpha value is -1.96. The molecule has 0 unspecified atom stereocenters. The summed E-state index contributed by atoms with van der Waals surface area (Å²) in [5.74, 6) is 5.40. The second-order valence-electron chi connectivity index (χ2n) is 4.20. The van der Waals surface area contributed by atoms with Crippen LogP contribution in [0.1, 0.15) is 20.8 Å². The Bertz CT molecular complexity index is 400. The van der Waals surface area contributed by atoms with Gasteiger partial charge in [-0.15, -0.1) is 0 Å². The monoisotopic (exact) mass is 226 g/mol. The molecule has 0 fully saturated rings. The molecule has 0 radical (unpaired) electrons. The number of hydrogen-bond acceptors (Lipinski definition) is 7. The Labute approximate surface area is 92.4 Å². The highest BCUT2D eigenvalue weighted by Gasteiger charge is 2.21. The number of nitrogens with zero attached hydrogens (tertiary/aromatic N) is 3. The fourth-order valence-electron chi connectivity index (χ4n) is 1.03. The molecule has 1 aromatic rings. The molecule has 0 aliphatic rings. The molecule has 1 heterocycles. The first kappa shape index (κ1) is 12.1. The summed E-state index contributed by atoms with van der Waals surface area (Å²) in [7, 11) is 0. The van der Waals surface area contributed by atoms with E-state index in [4.69, 9.17) is 5.84 Å². The number of hydrogen-bond donors (Lipinski definition) is 3. The number of nitro groups is 1. The lowest BCUT2D eigenvalue weighted by Crippen LogP contribution is -2.27. The fourth-order valence-corrected chi connectivity index (χ4v) is 1.03. The van der Waals surface area contributed by atoms with Crippen molar-refractivity contribution in [1.29, 1.82) is 0 Å². The van der Waals surface area contributed by atoms with E-state index in [9.17, 15) is 10.1 Å². The number of aromatic nitrogens is 2. The largest absolute Gasteiger partial charge is 0.360 e. The van der Waals surface area contributed by atoms with Crippen molar-refractivity contribution in [3.05, 3.63) is 16.3 Å². The Morgan fingerprint density at radius 2 is 2.12 bits per heavy atom. The minimum atomic E-state index is -0.547. The molecule has 1 aromatic heterocycles. The van der Waals surface area contributed by atoms with Crippen molar-refractivity contribution in [2.45, 2.75) is 26.3 Å². The predicted octanol–water partition coefficient (Wildman–Crippen LogP) is 0.881. The molecule has 0 spiro atoms. The van der Waals surface area contributed by atoms with Gasteiger partial charge in [-0.05, 0) is 20.8 Å². The van der Waals surface area contributed by atoms with Crippen LogP contribution in [-0.4, -0.2) is 20.4 Å². The fraction of sp³-hybridized carbons (Fsp3) is 0.500. The van der Waals surface area contributed by atoms with Gasteiger partial charge in [0.15, 0.2) is 0 Å². The van der Waals surface area contributed by atoms with Crippen molar-refractivity contribution < 1.29 is 4.92 Å².